The molecule has 1 aliphatic rings. The number of hydrogen-bond acceptors (Lipinski definition) is 6. The molecule has 4 N–H and O–H groups in total. The third-order valence-electron chi connectivity index (χ3n) is 4.01. The van der Waals surface area contributed by atoms with E-state index in [2.05, 4.69) is 5.32 Å². The molecule has 1 aromatic rings. The SMILES string of the molecule is CC(=O)Nc1sc2c(c1C(=O)O[C@@H](C(=O)NC(N)=O)C(C)C)CCCC2. The Morgan fingerprint density at radius 2 is 1.81 bits per heavy atom. The van der Waals surface area contributed by atoms with Gasteiger partial charge in [-0.05, 0) is 37.2 Å². The molecule has 0 aromatic carbocycles. The average Bonchev–Trinajstić information content (AvgIpc) is 2.88. The summed E-state index contributed by atoms with van der Waals surface area (Å²) in [6.45, 7) is 4.75. The Balaban J connectivity index is 2.32. The van der Waals surface area contributed by atoms with Crippen LogP contribution >= 0.6 is 11.3 Å². The minimum absolute atomic E-state index is 0.287. The maximum absolute atomic E-state index is 12.8. The summed E-state index contributed by atoms with van der Waals surface area (Å²) in [5, 5.41) is 5.06. The first-order valence-corrected chi connectivity index (χ1v) is 9.25. The molecule has 26 heavy (non-hydrogen) atoms. The minimum atomic E-state index is -1.17. The number of ether oxygens (including phenoxy) is 1. The van der Waals surface area contributed by atoms with E-state index in [9.17, 15) is 19.2 Å². The van der Waals surface area contributed by atoms with Crippen molar-refractivity contribution in [3.05, 3.63) is 16.0 Å². The predicted octanol–water partition coefficient (Wildman–Crippen LogP) is 1.96. The molecular formula is C17H23N3O5S. The number of carbonyl (C=O) groups is 4. The Kier molecular flexibility index (Phi) is 6.36. The lowest BCUT2D eigenvalue weighted by atomic mass is 9.95. The van der Waals surface area contributed by atoms with E-state index < -0.39 is 24.0 Å². The standard InChI is InChI=1S/C17H23N3O5S/c1-8(2)13(14(22)20-17(18)24)25-16(23)12-10-6-4-5-7-11(10)26-15(12)19-9(3)21/h8,13H,4-7H2,1-3H3,(H,19,21)(H3,18,20,22,24)/t13-/m1/s1. The number of rotatable bonds is 5. The molecule has 1 aromatic heterocycles. The van der Waals surface area contributed by atoms with Gasteiger partial charge in [0.05, 0.1) is 5.56 Å². The van der Waals surface area contributed by atoms with Crippen molar-refractivity contribution in [2.75, 3.05) is 5.32 Å². The fourth-order valence-electron chi connectivity index (χ4n) is 2.89. The highest BCUT2D eigenvalue weighted by molar-refractivity contribution is 7.17. The van der Waals surface area contributed by atoms with E-state index in [1.807, 2.05) is 5.32 Å². The summed E-state index contributed by atoms with van der Waals surface area (Å²) >= 11 is 1.37. The smallest absolute Gasteiger partial charge is 0.342 e. The summed E-state index contributed by atoms with van der Waals surface area (Å²) in [7, 11) is 0. The van der Waals surface area contributed by atoms with Crippen LogP contribution in [0.2, 0.25) is 0 Å². The Morgan fingerprint density at radius 1 is 1.15 bits per heavy atom. The molecule has 0 fully saturated rings. The number of anilines is 1. The van der Waals surface area contributed by atoms with Crippen LogP contribution < -0.4 is 16.4 Å². The first kappa shape index (κ1) is 19.9. The first-order chi connectivity index (χ1) is 12.2. The minimum Gasteiger partial charge on any atom is -0.448 e. The van der Waals surface area contributed by atoms with Crippen molar-refractivity contribution < 1.29 is 23.9 Å². The molecule has 0 bridgehead atoms. The number of primary amides is 1. The molecule has 0 aliphatic heterocycles. The fraction of sp³-hybridized carbons (Fsp3) is 0.529. The average molecular weight is 381 g/mol. The summed E-state index contributed by atoms with van der Waals surface area (Å²) in [5.74, 6) is -2.11. The van der Waals surface area contributed by atoms with Crippen molar-refractivity contribution in [2.24, 2.45) is 11.7 Å². The molecule has 0 saturated carbocycles. The fourth-order valence-corrected chi connectivity index (χ4v) is 4.21. The maximum Gasteiger partial charge on any atom is 0.342 e. The van der Waals surface area contributed by atoms with E-state index in [1.165, 1.54) is 18.3 Å². The van der Waals surface area contributed by atoms with Crippen LogP contribution in [-0.2, 0) is 27.2 Å². The largest absolute Gasteiger partial charge is 0.448 e. The Labute approximate surface area is 155 Å². The van der Waals surface area contributed by atoms with Gasteiger partial charge in [0.2, 0.25) is 5.91 Å². The van der Waals surface area contributed by atoms with Crippen LogP contribution in [-0.4, -0.2) is 29.9 Å². The zero-order chi connectivity index (χ0) is 19.4. The quantitative estimate of drug-likeness (QED) is 0.672. The molecule has 1 aliphatic carbocycles. The number of imide groups is 1. The Hall–Kier alpha value is -2.42. The number of hydrogen-bond donors (Lipinski definition) is 3. The number of thiophene rings is 1. The van der Waals surface area contributed by atoms with Gasteiger partial charge in [-0.25, -0.2) is 9.59 Å². The van der Waals surface area contributed by atoms with Crippen molar-refractivity contribution >= 4 is 40.2 Å². The van der Waals surface area contributed by atoms with E-state index in [0.29, 0.717) is 10.6 Å². The highest BCUT2D eigenvalue weighted by Crippen LogP contribution is 2.38. The number of carbonyl (C=O) groups excluding carboxylic acids is 4. The van der Waals surface area contributed by atoms with Gasteiger partial charge in [0, 0.05) is 11.8 Å². The molecule has 1 atom stereocenters. The number of esters is 1. The lowest BCUT2D eigenvalue weighted by Gasteiger charge is -2.21. The van der Waals surface area contributed by atoms with Crippen LogP contribution in [0.15, 0.2) is 0 Å². The molecular weight excluding hydrogens is 358 g/mol. The van der Waals surface area contributed by atoms with Gasteiger partial charge in [0.15, 0.2) is 6.10 Å². The van der Waals surface area contributed by atoms with Crippen molar-refractivity contribution in [3.63, 3.8) is 0 Å². The summed E-state index contributed by atoms with van der Waals surface area (Å²) in [4.78, 5) is 48.4. The van der Waals surface area contributed by atoms with Crippen LogP contribution in [0, 0.1) is 5.92 Å². The lowest BCUT2D eigenvalue weighted by Crippen LogP contribution is -2.45. The first-order valence-electron chi connectivity index (χ1n) is 8.44. The molecule has 142 valence electrons. The van der Waals surface area contributed by atoms with E-state index in [4.69, 9.17) is 10.5 Å². The molecule has 4 amide bonds. The van der Waals surface area contributed by atoms with Crippen LogP contribution in [0.25, 0.3) is 0 Å². The Morgan fingerprint density at radius 3 is 2.38 bits per heavy atom. The van der Waals surface area contributed by atoms with E-state index in [1.54, 1.807) is 13.8 Å². The van der Waals surface area contributed by atoms with Gasteiger partial charge < -0.3 is 15.8 Å². The van der Waals surface area contributed by atoms with Crippen LogP contribution in [0.1, 0.15) is 54.4 Å². The number of nitrogens with two attached hydrogens (primary N) is 1. The van der Waals surface area contributed by atoms with E-state index >= 15 is 0 Å². The van der Waals surface area contributed by atoms with Gasteiger partial charge >= 0.3 is 12.0 Å². The third-order valence-corrected chi connectivity index (χ3v) is 5.22. The van der Waals surface area contributed by atoms with Crippen LogP contribution in [0.5, 0.6) is 0 Å². The van der Waals surface area contributed by atoms with Gasteiger partial charge in [-0.1, -0.05) is 13.8 Å². The zero-order valence-electron chi connectivity index (χ0n) is 15.0. The molecule has 9 heteroatoms. The summed E-state index contributed by atoms with van der Waals surface area (Å²) < 4.78 is 5.40. The predicted molar refractivity (Wildman–Crippen MR) is 97.0 cm³/mol. The second-order valence-corrected chi connectivity index (χ2v) is 7.62. The topological polar surface area (TPSA) is 128 Å². The van der Waals surface area contributed by atoms with Gasteiger partial charge in [0.25, 0.3) is 5.91 Å². The second kappa shape index (κ2) is 8.31. The molecule has 0 saturated heterocycles. The third kappa shape index (κ3) is 4.60. The maximum atomic E-state index is 12.8. The molecule has 0 spiro atoms. The highest BCUT2D eigenvalue weighted by Gasteiger charge is 2.32. The monoisotopic (exact) mass is 381 g/mol. The molecule has 2 rings (SSSR count). The number of fused-ring (bicyclic) bond motifs is 1. The van der Waals surface area contributed by atoms with E-state index in [-0.39, 0.29) is 11.8 Å². The van der Waals surface area contributed by atoms with E-state index in [0.717, 1.165) is 36.1 Å². The zero-order valence-corrected chi connectivity index (χ0v) is 15.8. The number of amides is 4. The Bertz CT molecular complexity index is 741. The highest BCUT2D eigenvalue weighted by atomic mass is 32.1. The lowest BCUT2D eigenvalue weighted by molar-refractivity contribution is -0.130. The second-order valence-electron chi connectivity index (χ2n) is 6.52. The van der Waals surface area contributed by atoms with Gasteiger partial charge in [-0.15, -0.1) is 11.3 Å². The number of urea groups is 1. The van der Waals surface area contributed by atoms with Gasteiger partial charge in [0.1, 0.15) is 5.00 Å². The summed E-state index contributed by atoms with van der Waals surface area (Å²) in [5.41, 5.74) is 6.14. The summed E-state index contributed by atoms with van der Waals surface area (Å²) in [6.07, 6.45) is 2.36. The molecule has 1 heterocycles. The molecule has 8 nitrogen and oxygen atoms in total. The molecule has 0 unspecified atom stereocenters. The van der Waals surface area contributed by atoms with Crippen molar-refractivity contribution in [2.45, 2.75) is 52.6 Å². The van der Waals surface area contributed by atoms with Crippen LogP contribution in [0.3, 0.4) is 0 Å². The normalized spacial score (nSPS) is 14.3. The van der Waals surface area contributed by atoms with Crippen molar-refractivity contribution in [1.29, 1.82) is 0 Å². The van der Waals surface area contributed by atoms with Gasteiger partial charge in [-0.2, -0.15) is 0 Å². The number of aryl methyl sites for hydroxylation is 1. The van der Waals surface area contributed by atoms with Crippen LogP contribution in [0.4, 0.5) is 9.80 Å². The van der Waals surface area contributed by atoms with Crippen molar-refractivity contribution in [1.82, 2.24) is 5.32 Å². The van der Waals surface area contributed by atoms with Crippen molar-refractivity contribution in [3.8, 4) is 0 Å². The number of nitrogens with one attached hydrogen (secondary N) is 2. The summed E-state index contributed by atoms with van der Waals surface area (Å²) in [6, 6.07) is -1.01. The molecule has 0 radical (unpaired) electrons. The van der Waals surface area contributed by atoms with Gasteiger partial charge in [-0.3, -0.25) is 14.9 Å².